The van der Waals surface area contributed by atoms with Gasteiger partial charge in [0.05, 0.1) is 6.42 Å². The molecule has 0 atom stereocenters. The number of fused-ring (bicyclic) bond motifs is 1. The summed E-state index contributed by atoms with van der Waals surface area (Å²) in [6, 6.07) is 3.90. The molecule has 0 saturated heterocycles. The molecule has 1 aromatic rings. The minimum Gasteiger partial charge on any atom is -0.481 e. The van der Waals surface area contributed by atoms with Crippen LogP contribution < -0.4 is 0 Å². The Hall–Kier alpha value is -1.02. The van der Waals surface area contributed by atoms with E-state index in [1.165, 1.54) is 24.0 Å². The topological polar surface area (TPSA) is 37.3 Å². The zero-order valence-corrected chi connectivity index (χ0v) is 9.18. The molecule has 2 nitrogen and oxygen atoms in total. The lowest BCUT2D eigenvalue weighted by atomic mass is 9.90. The molecule has 1 aliphatic carbocycles. The van der Waals surface area contributed by atoms with Crippen LogP contribution in [0.4, 0.5) is 0 Å². The number of carbonyl (C=O) groups is 1. The Morgan fingerprint density at radius 1 is 1.27 bits per heavy atom. The summed E-state index contributed by atoms with van der Waals surface area (Å²) in [5.74, 6) is -0.826. The lowest BCUT2D eigenvalue weighted by Crippen LogP contribution is -2.06. The molecule has 3 heteroatoms. The van der Waals surface area contributed by atoms with Crippen molar-refractivity contribution in [2.24, 2.45) is 0 Å². The molecule has 0 unspecified atom stereocenters. The van der Waals surface area contributed by atoms with E-state index in [4.69, 9.17) is 16.7 Å². The number of aryl methyl sites for hydroxylation is 2. The molecule has 1 aromatic carbocycles. The standard InChI is InChI=1S/C12H13ClO2/c13-11-6-9-4-2-1-3-8(9)5-10(11)7-12(14)15/h5-6H,1-4,7H2,(H,14,15). The lowest BCUT2D eigenvalue weighted by Gasteiger charge is -2.17. The van der Waals surface area contributed by atoms with Gasteiger partial charge in [0.1, 0.15) is 0 Å². The van der Waals surface area contributed by atoms with E-state index in [1.807, 2.05) is 12.1 Å². The fourth-order valence-corrected chi connectivity index (χ4v) is 2.36. The quantitative estimate of drug-likeness (QED) is 0.839. The molecule has 0 saturated carbocycles. The zero-order valence-electron chi connectivity index (χ0n) is 8.42. The highest BCUT2D eigenvalue weighted by Gasteiger charge is 2.13. The second-order valence-corrected chi connectivity index (χ2v) is 4.40. The molecular weight excluding hydrogens is 212 g/mol. The van der Waals surface area contributed by atoms with Crippen molar-refractivity contribution in [3.05, 3.63) is 33.8 Å². The third-order valence-corrected chi connectivity index (χ3v) is 3.20. The first kappa shape index (κ1) is 10.5. The van der Waals surface area contributed by atoms with Crippen LogP contribution in [-0.4, -0.2) is 11.1 Å². The number of carboxylic acids is 1. The van der Waals surface area contributed by atoms with Gasteiger partial charge in [-0.05, 0) is 48.4 Å². The van der Waals surface area contributed by atoms with Crippen molar-refractivity contribution < 1.29 is 9.90 Å². The van der Waals surface area contributed by atoms with E-state index in [0.717, 1.165) is 18.4 Å². The summed E-state index contributed by atoms with van der Waals surface area (Å²) in [5.41, 5.74) is 3.31. The van der Waals surface area contributed by atoms with E-state index in [-0.39, 0.29) is 6.42 Å². The Morgan fingerprint density at radius 3 is 2.47 bits per heavy atom. The van der Waals surface area contributed by atoms with Crippen molar-refractivity contribution in [3.63, 3.8) is 0 Å². The number of aliphatic carboxylic acids is 1. The van der Waals surface area contributed by atoms with Crippen molar-refractivity contribution in [3.8, 4) is 0 Å². The van der Waals surface area contributed by atoms with Crippen LogP contribution in [0.2, 0.25) is 5.02 Å². The monoisotopic (exact) mass is 224 g/mol. The Labute approximate surface area is 93.9 Å². The first-order chi connectivity index (χ1) is 7.16. The van der Waals surface area contributed by atoms with Gasteiger partial charge in [-0.2, -0.15) is 0 Å². The van der Waals surface area contributed by atoms with Gasteiger partial charge in [0.15, 0.2) is 0 Å². The van der Waals surface area contributed by atoms with E-state index in [1.54, 1.807) is 0 Å². The molecule has 0 spiro atoms. The second-order valence-electron chi connectivity index (χ2n) is 3.99. The van der Waals surface area contributed by atoms with E-state index in [9.17, 15) is 4.79 Å². The highest BCUT2D eigenvalue weighted by atomic mass is 35.5. The van der Waals surface area contributed by atoms with Gasteiger partial charge >= 0.3 is 5.97 Å². The Bertz CT molecular complexity index is 399. The normalized spacial score (nSPS) is 14.7. The maximum absolute atomic E-state index is 10.6. The molecule has 80 valence electrons. The van der Waals surface area contributed by atoms with Crippen molar-refractivity contribution >= 4 is 17.6 Å². The summed E-state index contributed by atoms with van der Waals surface area (Å²) in [4.78, 5) is 10.6. The van der Waals surface area contributed by atoms with E-state index < -0.39 is 5.97 Å². The van der Waals surface area contributed by atoms with Gasteiger partial charge in [-0.25, -0.2) is 0 Å². The fourth-order valence-electron chi connectivity index (χ4n) is 2.11. The van der Waals surface area contributed by atoms with Gasteiger partial charge in [-0.3, -0.25) is 4.79 Å². The molecule has 0 aliphatic heterocycles. The first-order valence-corrected chi connectivity index (χ1v) is 5.56. The molecule has 1 aliphatic rings. The van der Waals surface area contributed by atoms with Crippen molar-refractivity contribution in [2.75, 3.05) is 0 Å². The summed E-state index contributed by atoms with van der Waals surface area (Å²) in [6.45, 7) is 0. The van der Waals surface area contributed by atoms with Gasteiger partial charge in [0.25, 0.3) is 0 Å². The smallest absolute Gasteiger partial charge is 0.307 e. The number of carboxylic acid groups (broad SMARTS) is 1. The van der Waals surface area contributed by atoms with Gasteiger partial charge in [0.2, 0.25) is 0 Å². The Balaban J connectivity index is 2.36. The molecule has 0 heterocycles. The number of halogens is 1. The summed E-state index contributed by atoms with van der Waals surface area (Å²) in [7, 11) is 0. The van der Waals surface area contributed by atoms with Crippen LogP contribution in [-0.2, 0) is 24.1 Å². The second kappa shape index (κ2) is 4.23. The number of hydrogen-bond acceptors (Lipinski definition) is 1. The molecule has 0 amide bonds. The van der Waals surface area contributed by atoms with E-state index >= 15 is 0 Å². The van der Waals surface area contributed by atoms with Crippen LogP contribution in [0.15, 0.2) is 12.1 Å². The molecule has 2 rings (SSSR count). The molecule has 0 radical (unpaired) electrons. The number of benzene rings is 1. The van der Waals surface area contributed by atoms with Crippen LogP contribution in [0.1, 0.15) is 29.5 Å². The van der Waals surface area contributed by atoms with Crippen LogP contribution >= 0.6 is 11.6 Å². The summed E-state index contributed by atoms with van der Waals surface area (Å²) >= 11 is 6.04. The summed E-state index contributed by atoms with van der Waals surface area (Å²) in [5, 5.41) is 9.33. The summed E-state index contributed by atoms with van der Waals surface area (Å²) in [6.07, 6.45) is 4.55. The third kappa shape index (κ3) is 2.32. The predicted octanol–water partition coefficient (Wildman–Crippen LogP) is 2.85. The highest BCUT2D eigenvalue weighted by Crippen LogP contribution is 2.27. The van der Waals surface area contributed by atoms with Crippen LogP contribution in [0, 0.1) is 0 Å². The van der Waals surface area contributed by atoms with Crippen LogP contribution in [0.5, 0.6) is 0 Å². The molecule has 1 N–H and O–H groups in total. The van der Waals surface area contributed by atoms with Crippen molar-refractivity contribution in [2.45, 2.75) is 32.1 Å². The lowest BCUT2D eigenvalue weighted by molar-refractivity contribution is -0.136. The Morgan fingerprint density at radius 2 is 1.87 bits per heavy atom. The third-order valence-electron chi connectivity index (χ3n) is 2.85. The van der Waals surface area contributed by atoms with E-state index in [0.29, 0.717) is 5.02 Å². The van der Waals surface area contributed by atoms with Gasteiger partial charge in [0, 0.05) is 5.02 Å². The van der Waals surface area contributed by atoms with Crippen molar-refractivity contribution in [1.82, 2.24) is 0 Å². The van der Waals surface area contributed by atoms with Crippen LogP contribution in [0.25, 0.3) is 0 Å². The molecular formula is C12H13ClO2. The average Bonchev–Trinajstić information content (AvgIpc) is 2.18. The number of rotatable bonds is 2. The molecule has 15 heavy (non-hydrogen) atoms. The first-order valence-electron chi connectivity index (χ1n) is 5.19. The average molecular weight is 225 g/mol. The summed E-state index contributed by atoms with van der Waals surface area (Å²) < 4.78 is 0. The maximum Gasteiger partial charge on any atom is 0.307 e. The predicted molar refractivity (Wildman–Crippen MR) is 59.4 cm³/mol. The minimum atomic E-state index is -0.826. The minimum absolute atomic E-state index is 0.0200. The fraction of sp³-hybridized carbons (Fsp3) is 0.417. The van der Waals surface area contributed by atoms with Crippen LogP contribution in [0.3, 0.4) is 0 Å². The van der Waals surface area contributed by atoms with E-state index in [2.05, 4.69) is 0 Å². The Kier molecular flexibility index (Phi) is 2.96. The van der Waals surface area contributed by atoms with Gasteiger partial charge in [-0.1, -0.05) is 17.7 Å². The SMILES string of the molecule is O=C(O)Cc1cc2c(cc1Cl)CCCC2. The molecule has 0 bridgehead atoms. The van der Waals surface area contributed by atoms with Gasteiger partial charge in [-0.15, -0.1) is 0 Å². The highest BCUT2D eigenvalue weighted by molar-refractivity contribution is 6.31. The number of hydrogen-bond donors (Lipinski definition) is 1. The molecule has 0 aromatic heterocycles. The van der Waals surface area contributed by atoms with Gasteiger partial charge < -0.3 is 5.11 Å². The maximum atomic E-state index is 10.6. The zero-order chi connectivity index (χ0) is 10.8. The van der Waals surface area contributed by atoms with Crippen molar-refractivity contribution in [1.29, 1.82) is 0 Å². The largest absolute Gasteiger partial charge is 0.481 e. The molecule has 0 fully saturated rings.